The molecule has 0 aliphatic heterocycles. The second kappa shape index (κ2) is 15.6. The van der Waals surface area contributed by atoms with Crippen LogP contribution in [0.15, 0.2) is 64.2 Å². The SMILES string of the molecule is N#Cc1c(N)nc(SCc2coc(-c3ccc(Cl)cc3)n2)c(C#N)c1-c1ccc(OCC(COC(=O)CN)OC(=O)CN)cc1. The van der Waals surface area contributed by atoms with Gasteiger partial charge in [-0.25, -0.2) is 9.97 Å². The van der Waals surface area contributed by atoms with Crippen LogP contribution in [0.2, 0.25) is 5.02 Å². The van der Waals surface area contributed by atoms with Crippen molar-refractivity contribution in [2.45, 2.75) is 16.9 Å². The highest BCUT2D eigenvalue weighted by Gasteiger charge is 2.22. The number of esters is 2. The second-order valence-corrected chi connectivity index (χ2v) is 10.5. The number of anilines is 1. The molecule has 0 aliphatic rings. The molecule has 2 aromatic carbocycles. The van der Waals surface area contributed by atoms with Gasteiger partial charge in [0, 0.05) is 21.9 Å². The largest absolute Gasteiger partial charge is 0.490 e. The third-order valence-electron chi connectivity index (χ3n) is 6.06. The van der Waals surface area contributed by atoms with Gasteiger partial charge in [0.25, 0.3) is 0 Å². The average molecular weight is 648 g/mol. The van der Waals surface area contributed by atoms with Gasteiger partial charge in [0.2, 0.25) is 5.89 Å². The van der Waals surface area contributed by atoms with Crippen molar-refractivity contribution in [1.29, 1.82) is 10.5 Å². The number of carbonyl (C=O) groups is 2. The van der Waals surface area contributed by atoms with E-state index < -0.39 is 18.0 Å². The number of ether oxygens (including phenoxy) is 3. The van der Waals surface area contributed by atoms with Crippen molar-refractivity contribution in [3.63, 3.8) is 0 Å². The van der Waals surface area contributed by atoms with E-state index in [2.05, 4.69) is 16.0 Å². The quantitative estimate of drug-likeness (QED) is 0.140. The van der Waals surface area contributed by atoms with Crippen LogP contribution < -0.4 is 21.9 Å². The molecular formula is C30H26ClN7O6S. The van der Waals surface area contributed by atoms with Gasteiger partial charge in [0.15, 0.2) is 6.10 Å². The summed E-state index contributed by atoms with van der Waals surface area (Å²) in [6.07, 6.45) is 0.581. The summed E-state index contributed by atoms with van der Waals surface area (Å²) in [6, 6.07) is 17.7. The van der Waals surface area contributed by atoms with E-state index in [0.29, 0.717) is 44.3 Å². The van der Waals surface area contributed by atoms with E-state index in [-0.39, 0.29) is 43.2 Å². The number of halogens is 1. The van der Waals surface area contributed by atoms with E-state index in [1.54, 1.807) is 48.5 Å². The Hall–Kier alpha value is -5.12. The van der Waals surface area contributed by atoms with E-state index in [1.807, 2.05) is 6.07 Å². The van der Waals surface area contributed by atoms with Gasteiger partial charge in [-0.15, -0.1) is 0 Å². The maximum absolute atomic E-state index is 11.7. The Balaban J connectivity index is 1.52. The highest BCUT2D eigenvalue weighted by molar-refractivity contribution is 7.98. The fourth-order valence-corrected chi connectivity index (χ4v) is 4.93. The van der Waals surface area contributed by atoms with Crippen LogP contribution >= 0.6 is 23.4 Å². The van der Waals surface area contributed by atoms with Crippen molar-refractivity contribution in [2.24, 2.45) is 11.5 Å². The number of nitrogen functional groups attached to an aromatic ring is 1. The highest BCUT2D eigenvalue weighted by Crippen LogP contribution is 2.37. The molecule has 15 heteroatoms. The van der Waals surface area contributed by atoms with Gasteiger partial charge in [-0.3, -0.25) is 9.59 Å². The lowest BCUT2D eigenvalue weighted by atomic mass is 9.97. The van der Waals surface area contributed by atoms with Crippen molar-refractivity contribution >= 4 is 41.1 Å². The summed E-state index contributed by atoms with van der Waals surface area (Å²) in [4.78, 5) is 31.9. The van der Waals surface area contributed by atoms with Crippen LogP contribution in [0, 0.1) is 22.7 Å². The van der Waals surface area contributed by atoms with Crippen LogP contribution in [-0.2, 0) is 24.8 Å². The number of nitriles is 2. The molecule has 0 saturated carbocycles. The second-order valence-electron chi connectivity index (χ2n) is 9.13. The molecule has 4 aromatic rings. The minimum Gasteiger partial charge on any atom is -0.490 e. The van der Waals surface area contributed by atoms with Crippen molar-refractivity contribution in [2.75, 3.05) is 32.0 Å². The first kappa shape index (κ1) is 32.8. The van der Waals surface area contributed by atoms with Crippen LogP contribution in [0.1, 0.15) is 16.8 Å². The number of nitrogens with zero attached hydrogens (tertiary/aromatic N) is 4. The Bertz CT molecular complexity index is 1750. The number of carbonyl (C=O) groups excluding carboxylic acids is 2. The summed E-state index contributed by atoms with van der Waals surface area (Å²) in [5.74, 6) is -0.314. The van der Waals surface area contributed by atoms with Crippen LogP contribution in [-0.4, -0.2) is 54.3 Å². The maximum atomic E-state index is 11.7. The topological polar surface area (TPSA) is 226 Å². The highest BCUT2D eigenvalue weighted by atomic mass is 35.5. The fourth-order valence-electron chi connectivity index (χ4n) is 3.93. The standard InChI is InChI=1S/C30H26ClN7O6S/c31-19-5-1-18(2-6-19)29-37-20(13-43-29)16-45-30-24(10-33)27(23(9-32)28(36)38-30)17-3-7-21(8-4-17)41-14-22(44-26(40)12-35)15-42-25(39)11-34/h1-8,13,22H,11-12,14-16,34-35H2,(H2,36,38). The number of thioether (sulfide) groups is 1. The molecule has 0 aliphatic carbocycles. The smallest absolute Gasteiger partial charge is 0.320 e. The molecule has 1 unspecified atom stereocenters. The first-order valence-corrected chi connectivity index (χ1v) is 14.6. The van der Waals surface area contributed by atoms with Gasteiger partial charge in [-0.05, 0) is 42.0 Å². The number of pyridine rings is 1. The number of aromatic nitrogens is 2. The molecule has 0 spiro atoms. The van der Waals surface area contributed by atoms with Crippen molar-refractivity contribution in [3.05, 3.63) is 76.6 Å². The minimum absolute atomic E-state index is 0.0343. The van der Waals surface area contributed by atoms with Crippen LogP contribution in [0.3, 0.4) is 0 Å². The molecule has 1 atom stereocenters. The number of hydrogen-bond acceptors (Lipinski definition) is 14. The zero-order valence-electron chi connectivity index (χ0n) is 23.6. The van der Waals surface area contributed by atoms with Gasteiger partial charge >= 0.3 is 11.9 Å². The molecule has 2 aromatic heterocycles. The predicted molar refractivity (Wildman–Crippen MR) is 164 cm³/mol. The Labute approximate surface area is 266 Å². The fraction of sp³-hybridized carbons (Fsp3) is 0.200. The number of rotatable bonds is 13. The van der Waals surface area contributed by atoms with E-state index >= 15 is 0 Å². The van der Waals surface area contributed by atoms with Gasteiger partial charge in [0.05, 0.1) is 24.3 Å². The summed E-state index contributed by atoms with van der Waals surface area (Å²) in [6.45, 7) is -1.12. The molecule has 4 rings (SSSR count). The van der Waals surface area contributed by atoms with Gasteiger partial charge in [-0.1, -0.05) is 35.5 Å². The Morgan fingerprint density at radius 1 is 0.933 bits per heavy atom. The molecule has 6 N–H and O–H groups in total. The zero-order chi connectivity index (χ0) is 32.3. The molecule has 2 heterocycles. The Morgan fingerprint density at radius 2 is 1.60 bits per heavy atom. The molecule has 0 fully saturated rings. The average Bonchev–Trinajstić information content (AvgIpc) is 3.54. The van der Waals surface area contributed by atoms with E-state index in [4.69, 9.17) is 47.4 Å². The normalized spacial score (nSPS) is 11.2. The van der Waals surface area contributed by atoms with Crippen molar-refractivity contribution < 1.29 is 28.2 Å². The summed E-state index contributed by atoms with van der Waals surface area (Å²) in [5.41, 5.74) is 19.1. The Morgan fingerprint density at radius 3 is 2.24 bits per heavy atom. The van der Waals surface area contributed by atoms with Crippen molar-refractivity contribution in [3.8, 4) is 40.5 Å². The minimum atomic E-state index is -0.932. The lowest BCUT2D eigenvalue weighted by molar-refractivity contribution is -0.158. The lowest BCUT2D eigenvalue weighted by Crippen LogP contribution is -2.34. The molecule has 0 bridgehead atoms. The molecular weight excluding hydrogens is 622 g/mol. The van der Waals surface area contributed by atoms with Crippen molar-refractivity contribution in [1.82, 2.24) is 9.97 Å². The molecule has 230 valence electrons. The number of benzene rings is 2. The molecule has 45 heavy (non-hydrogen) atoms. The monoisotopic (exact) mass is 647 g/mol. The first-order chi connectivity index (χ1) is 21.8. The number of nitrogens with two attached hydrogens (primary N) is 3. The van der Waals surface area contributed by atoms with Crippen LogP contribution in [0.5, 0.6) is 5.75 Å². The van der Waals surface area contributed by atoms with Gasteiger partial charge < -0.3 is 35.8 Å². The predicted octanol–water partition coefficient (Wildman–Crippen LogP) is 3.43. The van der Waals surface area contributed by atoms with Gasteiger partial charge in [0.1, 0.15) is 53.8 Å². The third kappa shape index (κ3) is 8.50. The summed E-state index contributed by atoms with van der Waals surface area (Å²) in [7, 11) is 0. The lowest BCUT2D eigenvalue weighted by Gasteiger charge is -2.18. The molecule has 13 nitrogen and oxygen atoms in total. The van der Waals surface area contributed by atoms with E-state index in [1.165, 1.54) is 18.0 Å². The molecule has 0 amide bonds. The van der Waals surface area contributed by atoms with E-state index in [9.17, 15) is 20.1 Å². The number of oxazole rings is 1. The molecule has 0 saturated heterocycles. The van der Waals surface area contributed by atoms with Crippen LogP contribution in [0.4, 0.5) is 5.82 Å². The van der Waals surface area contributed by atoms with Crippen LogP contribution in [0.25, 0.3) is 22.6 Å². The zero-order valence-corrected chi connectivity index (χ0v) is 25.1. The molecule has 0 radical (unpaired) electrons. The Kier molecular flexibility index (Phi) is 11.3. The summed E-state index contributed by atoms with van der Waals surface area (Å²) < 4.78 is 21.4. The third-order valence-corrected chi connectivity index (χ3v) is 7.32. The number of hydrogen-bond donors (Lipinski definition) is 3. The first-order valence-electron chi connectivity index (χ1n) is 13.2. The summed E-state index contributed by atoms with van der Waals surface area (Å²) >= 11 is 7.18. The maximum Gasteiger partial charge on any atom is 0.320 e. The van der Waals surface area contributed by atoms with E-state index in [0.717, 1.165) is 5.56 Å². The summed E-state index contributed by atoms with van der Waals surface area (Å²) in [5, 5.41) is 20.9. The van der Waals surface area contributed by atoms with Gasteiger partial charge in [-0.2, -0.15) is 10.5 Å².